The summed E-state index contributed by atoms with van der Waals surface area (Å²) >= 11 is 5.53. The number of hydrogen-bond donors (Lipinski definition) is 1. The Kier molecular flexibility index (Phi) is 4.34. The number of carbonyl (C=O) groups excluding carboxylic acids is 1. The van der Waals surface area contributed by atoms with Gasteiger partial charge in [0.05, 0.1) is 11.9 Å². The van der Waals surface area contributed by atoms with Gasteiger partial charge >= 0.3 is 5.97 Å². The molecule has 1 N–H and O–H groups in total. The van der Waals surface area contributed by atoms with Gasteiger partial charge < -0.3 is 9.52 Å². The fourth-order valence-electron chi connectivity index (χ4n) is 3.56. The summed E-state index contributed by atoms with van der Waals surface area (Å²) in [5.74, 6) is -0.629. The number of rotatable bonds is 6. The van der Waals surface area contributed by atoms with E-state index in [4.69, 9.17) is 21.7 Å². The van der Waals surface area contributed by atoms with Gasteiger partial charge in [-0.05, 0) is 47.1 Å². The summed E-state index contributed by atoms with van der Waals surface area (Å²) in [5, 5.41) is 12.3. The number of nitrogens with zero attached hydrogens (tertiary/aromatic N) is 3. The van der Waals surface area contributed by atoms with Gasteiger partial charge in [-0.3, -0.25) is 19.1 Å². The van der Waals surface area contributed by atoms with Crippen LogP contribution in [-0.2, 0) is 4.79 Å². The smallest absolute Gasteiger partial charge is 0.303 e. The molecule has 1 aromatic carbocycles. The summed E-state index contributed by atoms with van der Waals surface area (Å²) in [6, 6.07) is 10.1. The van der Waals surface area contributed by atoms with E-state index < -0.39 is 11.4 Å². The number of carboxylic acids is 1. The van der Waals surface area contributed by atoms with Gasteiger partial charge in [0.15, 0.2) is 10.7 Å². The highest BCUT2D eigenvalue weighted by molar-refractivity contribution is 7.80. The van der Waals surface area contributed by atoms with Crippen LogP contribution in [0.25, 0.3) is 22.4 Å². The third-order valence-corrected chi connectivity index (χ3v) is 5.25. The summed E-state index contributed by atoms with van der Waals surface area (Å²) in [4.78, 5) is 36.0. The second-order valence-corrected chi connectivity index (χ2v) is 8.14. The van der Waals surface area contributed by atoms with Crippen molar-refractivity contribution in [3.63, 3.8) is 0 Å². The first-order valence-corrected chi connectivity index (χ1v) is 9.28. The molecule has 9 heteroatoms. The third kappa shape index (κ3) is 3.23. The molecule has 4 rings (SSSR count). The number of amides is 1. The second-order valence-electron chi connectivity index (χ2n) is 7.77. The SMILES string of the molecule is CC(C)(CC(=O)O)CN1C(=O)c2cc3oc(-c4ccc(N=O)cc4)cc3n2C1=S. The van der Waals surface area contributed by atoms with Crippen molar-refractivity contribution in [3.8, 4) is 11.3 Å². The molecule has 0 fully saturated rings. The summed E-state index contributed by atoms with van der Waals surface area (Å²) in [7, 11) is 0. The Morgan fingerprint density at radius 2 is 1.93 bits per heavy atom. The Balaban J connectivity index is 1.67. The number of thiocarbonyl (C=S) groups is 1. The first kappa shape index (κ1) is 19.0. The highest BCUT2D eigenvalue weighted by Crippen LogP contribution is 2.35. The Labute approximate surface area is 170 Å². The summed E-state index contributed by atoms with van der Waals surface area (Å²) in [6.45, 7) is 3.77. The predicted molar refractivity (Wildman–Crippen MR) is 110 cm³/mol. The Morgan fingerprint density at radius 1 is 1.24 bits per heavy atom. The first-order chi connectivity index (χ1) is 13.7. The van der Waals surface area contributed by atoms with Crippen LogP contribution in [0.5, 0.6) is 0 Å². The molecule has 3 aromatic rings. The van der Waals surface area contributed by atoms with E-state index in [2.05, 4.69) is 5.18 Å². The zero-order valence-corrected chi connectivity index (χ0v) is 16.5. The molecule has 8 nitrogen and oxygen atoms in total. The minimum atomic E-state index is -0.926. The molecular weight excluding hydrogens is 394 g/mol. The van der Waals surface area contributed by atoms with Crippen molar-refractivity contribution in [2.24, 2.45) is 10.6 Å². The van der Waals surface area contributed by atoms with Crippen LogP contribution < -0.4 is 0 Å². The number of hydrogen-bond acceptors (Lipinski definition) is 6. The number of fused-ring (bicyclic) bond motifs is 3. The lowest BCUT2D eigenvalue weighted by Gasteiger charge is -2.28. The van der Waals surface area contributed by atoms with Gasteiger partial charge in [0, 0.05) is 24.2 Å². The van der Waals surface area contributed by atoms with Crippen molar-refractivity contribution < 1.29 is 19.1 Å². The van der Waals surface area contributed by atoms with Gasteiger partial charge in [0.2, 0.25) is 0 Å². The van der Waals surface area contributed by atoms with Crippen LogP contribution in [0.3, 0.4) is 0 Å². The normalized spacial score (nSPS) is 13.9. The molecule has 148 valence electrons. The van der Waals surface area contributed by atoms with Crippen LogP contribution in [0.2, 0.25) is 0 Å². The van der Waals surface area contributed by atoms with Gasteiger partial charge in [0.1, 0.15) is 17.1 Å². The first-order valence-electron chi connectivity index (χ1n) is 8.87. The molecule has 1 aliphatic heterocycles. The molecule has 1 aliphatic rings. The largest absolute Gasteiger partial charge is 0.481 e. The zero-order valence-electron chi connectivity index (χ0n) is 15.7. The molecule has 29 heavy (non-hydrogen) atoms. The van der Waals surface area contributed by atoms with Crippen molar-refractivity contribution >= 4 is 46.0 Å². The number of carboxylic acid groups (broad SMARTS) is 1. The molecule has 0 unspecified atom stereocenters. The quantitative estimate of drug-likeness (QED) is 0.476. The van der Waals surface area contributed by atoms with Crippen molar-refractivity contribution in [3.05, 3.63) is 47.0 Å². The van der Waals surface area contributed by atoms with E-state index in [1.54, 1.807) is 54.8 Å². The van der Waals surface area contributed by atoms with E-state index in [0.717, 1.165) is 5.56 Å². The van der Waals surface area contributed by atoms with Crippen molar-refractivity contribution in [2.45, 2.75) is 20.3 Å². The lowest BCUT2D eigenvalue weighted by Crippen LogP contribution is -2.39. The van der Waals surface area contributed by atoms with Gasteiger partial charge in [0.25, 0.3) is 5.91 Å². The molecule has 2 aromatic heterocycles. The lowest BCUT2D eigenvalue weighted by molar-refractivity contribution is -0.139. The van der Waals surface area contributed by atoms with Crippen LogP contribution in [0.1, 0.15) is 30.8 Å². The minimum absolute atomic E-state index is 0.0782. The molecule has 0 spiro atoms. The van der Waals surface area contributed by atoms with E-state index >= 15 is 0 Å². The van der Waals surface area contributed by atoms with E-state index in [-0.39, 0.29) is 18.9 Å². The molecule has 0 aliphatic carbocycles. The van der Waals surface area contributed by atoms with Crippen LogP contribution in [-0.4, -0.2) is 38.1 Å². The zero-order chi connectivity index (χ0) is 20.9. The molecule has 0 bridgehead atoms. The third-order valence-electron chi connectivity index (χ3n) is 4.85. The molecule has 0 saturated carbocycles. The van der Waals surface area contributed by atoms with Crippen LogP contribution in [0, 0.1) is 10.3 Å². The average molecular weight is 411 g/mol. The summed E-state index contributed by atoms with van der Waals surface area (Å²) in [5.41, 5.74) is 2.02. The molecular formula is C20H17N3O5S. The molecule has 3 heterocycles. The topological polar surface area (TPSA) is 105 Å². The van der Waals surface area contributed by atoms with Crippen molar-refractivity contribution in [1.29, 1.82) is 0 Å². The van der Waals surface area contributed by atoms with E-state index in [9.17, 15) is 14.5 Å². The maximum absolute atomic E-state index is 12.9. The van der Waals surface area contributed by atoms with Gasteiger partial charge in [-0.2, -0.15) is 0 Å². The minimum Gasteiger partial charge on any atom is -0.481 e. The summed E-state index contributed by atoms with van der Waals surface area (Å²) < 4.78 is 7.52. The van der Waals surface area contributed by atoms with E-state index in [1.807, 2.05) is 0 Å². The van der Waals surface area contributed by atoms with Crippen LogP contribution >= 0.6 is 12.2 Å². The number of nitroso groups, excluding NO2 is 1. The predicted octanol–water partition coefficient (Wildman–Crippen LogP) is 4.39. The molecule has 0 radical (unpaired) electrons. The number of furan rings is 1. The van der Waals surface area contributed by atoms with Crippen LogP contribution in [0.4, 0.5) is 5.69 Å². The van der Waals surface area contributed by atoms with Gasteiger partial charge in [-0.15, -0.1) is 4.91 Å². The highest BCUT2D eigenvalue weighted by atomic mass is 32.1. The van der Waals surface area contributed by atoms with Crippen molar-refractivity contribution in [1.82, 2.24) is 9.47 Å². The van der Waals surface area contributed by atoms with Crippen LogP contribution in [0.15, 0.2) is 46.0 Å². The fourth-order valence-corrected chi connectivity index (χ4v) is 3.91. The molecule has 0 saturated heterocycles. The monoisotopic (exact) mass is 411 g/mol. The summed E-state index contributed by atoms with van der Waals surface area (Å²) in [6.07, 6.45) is -0.0782. The average Bonchev–Trinajstić information content (AvgIpc) is 3.27. The number of carbonyl (C=O) groups is 2. The highest BCUT2D eigenvalue weighted by Gasteiger charge is 2.39. The number of aliphatic carboxylic acids is 1. The molecule has 1 amide bonds. The number of aromatic nitrogens is 1. The second kappa shape index (κ2) is 6.63. The molecule has 0 atom stereocenters. The Morgan fingerprint density at radius 3 is 2.55 bits per heavy atom. The van der Waals surface area contributed by atoms with Gasteiger partial charge in [-0.25, -0.2) is 0 Å². The number of benzene rings is 1. The lowest BCUT2D eigenvalue weighted by atomic mass is 9.89. The fraction of sp³-hybridized carbons (Fsp3) is 0.250. The van der Waals surface area contributed by atoms with E-state index in [0.29, 0.717) is 33.4 Å². The Hall–Kier alpha value is -3.33. The standard InChI is InChI=1S/C20H17N3O5S/c1-20(2,9-17(24)25)10-22-18(26)14-8-16-13(23(14)19(22)29)7-15(28-16)11-3-5-12(21-27)6-4-11/h3-8H,9-10H2,1-2H3,(H,24,25). The van der Waals surface area contributed by atoms with E-state index in [1.165, 1.54) is 4.90 Å². The maximum Gasteiger partial charge on any atom is 0.303 e. The maximum atomic E-state index is 12.9. The Bertz CT molecular complexity index is 1170. The van der Waals surface area contributed by atoms with Crippen molar-refractivity contribution in [2.75, 3.05) is 6.54 Å². The van der Waals surface area contributed by atoms with Gasteiger partial charge in [-0.1, -0.05) is 13.8 Å².